The fourth-order valence-electron chi connectivity index (χ4n) is 1.65. The second-order valence-electron chi connectivity index (χ2n) is 4.89. The minimum atomic E-state index is -0.237. The van der Waals surface area contributed by atoms with Crippen LogP contribution in [0.2, 0.25) is 0 Å². The smallest absolute Gasteiger partial charge is 0.183 e. The normalized spacial score (nSPS) is 20.7. The van der Waals surface area contributed by atoms with Gasteiger partial charge in [0.15, 0.2) is 6.29 Å². The molecule has 0 radical (unpaired) electrons. The third-order valence-corrected chi connectivity index (χ3v) is 2.64. The molecule has 1 aliphatic rings. The van der Waals surface area contributed by atoms with Gasteiger partial charge in [-0.15, -0.1) is 0 Å². The maximum absolute atomic E-state index is 5.69. The number of hydrogen-bond donors (Lipinski definition) is 0. The molecule has 1 fully saturated rings. The molecule has 0 unspecified atom stereocenters. The third-order valence-electron chi connectivity index (χ3n) is 2.64. The van der Waals surface area contributed by atoms with E-state index in [0.717, 1.165) is 24.5 Å². The second-order valence-corrected chi connectivity index (χ2v) is 4.89. The predicted octanol–water partition coefficient (Wildman–Crippen LogP) is 2.77. The lowest BCUT2D eigenvalue weighted by Gasteiger charge is -2.34. The van der Waals surface area contributed by atoms with Gasteiger partial charge in [0, 0.05) is 11.0 Å². The highest BCUT2D eigenvalue weighted by atomic mass is 16.7. The highest BCUT2D eigenvalue weighted by Gasteiger charge is 2.28. The van der Waals surface area contributed by atoms with Crippen LogP contribution in [0.1, 0.15) is 25.7 Å². The van der Waals surface area contributed by atoms with Crippen LogP contribution >= 0.6 is 0 Å². The fraction of sp³-hybridized carbons (Fsp3) is 0.538. The Kier molecular flexibility index (Phi) is 3.17. The zero-order valence-corrected chi connectivity index (χ0v) is 10.0. The molecule has 1 heterocycles. The summed E-state index contributed by atoms with van der Waals surface area (Å²) in [7, 11) is 1.66. The Labute approximate surface area is 96.3 Å². The Morgan fingerprint density at radius 1 is 1.12 bits per heavy atom. The van der Waals surface area contributed by atoms with Gasteiger partial charge in [0.25, 0.3) is 0 Å². The van der Waals surface area contributed by atoms with Crippen molar-refractivity contribution in [3.8, 4) is 5.75 Å². The molecular formula is C13H18O3. The van der Waals surface area contributed by atoms with E-state index in [0.29, 0.717) is 0 Å². The second kappa shape index (κ2) is 4.44. The summed E-state index contributed by atoms with van der Waals surface area (Å²) >= 11 is 0. The zero-order chi connectivity index (χ0) is 11.6. The number of rotatable bonds is 2. The standard InChI is InChI=1S/C13H18O3/c1-13(2)8-15-12(16-9-13)10-4-6-11(14-3)7-5-10/h4-7,12H,8-9H2,1-3H3. The van der Waals surface area contributed by atoms with Crippen LogP contribution in [0.3, 0.4) is 0 Å². The fourth-order valence-corrected chi connectivity index (χ4v) is 1.65. The van der Waals surface area contributed by atoms with E-state index in [1.54, 1.807) is 7.11 Å². The molecule has 1 aromatic carbocycles. The summed E-state index contributed by atoms with van der Waals surface area (Å²) in [6.45, 7) is 5.72. The van der Waals surface area contributed by atoms with Crippen molar-refractivity contribution < 1.29 is 14.2 Å². The van der Waals surface area contributed by atoms with Gasteiger partial charge in [-0.05, 0) is 12.1 Å². The minimum absolute atomic E-state index is 0.114. The Hall–Kier alpha value is -1.06. The molecule has 0 saturated carbocycles. The van der Waals surface area contributed by atoms with Crippen LogP contribution in [0.25, 0.3) is 0 Å². The van der Waals surface area contributed by atoms with Crippen molar-refractivity contribution in [1.29, 1.82) is 0 Å². The summed E-state index contributed by atoms with van der Waals surface area (Å²) in [5.74, 6) is 0.847. The van der Waals surface area contributed by atoms with Crippen molar-refractivity contribution in [3.05, 3.63) is 29.8 Å². The summed E-state index contributed by atoms with van der Waals surface area (Å²) in [4.78, 5) is 0. The van der Waals surface area contributed by atoms with E-state index in [4.69, 9.17) is 14.2 Å². The molecule has 1 aliphatic heterocycles. The van der Waals surface area contributed by atoms with Gasteiger partial charge < -0.3 is 14.2 Å². The average molecular weight is 222 g/mol. The first kappa shape index (κ1) is 11.4. The molecule has 3 nitrogen and oxygen atoms in total. The van der Waals surface area contributed by atoms with Crippen molar-refractivity contribution in [2.45, 2.75) is 20.1 Å². The first-order valence-corrected chi connectivity index (χ1v) is 5.48. The number of benzene rings is 1. The molecule has 2 rings (SSSR count). The molecule has 0 N–H and O–H groups in total. The Morgan fingerprint density at radius 2 is 1.69 bits per heavy atom. The molecule has 88 valence electrons. The van der Waals surface area contributed by atoms with Gasteiger partial charge in [-0.1, -0.05) is 26.0 Å². The lowest BCUT2D eigenvalue weighted by atomic mass is 9.95. The summed E-state index contributed by atoms with van der Waals surface area (Å²) in [5, 5.41) is 0. The van der Waals surface area contributed by atoms with E-state index in [1.807, 2.05) is 24.3 Å². The third kappa shape index (κ3) is 2.54. The number of hydrogen-bond acceptors (Lipinski definition) is 3. The number of ether oxygens (including phenoxy) is 3. The van der Waals surface area contributed by atoms with E-state index in [-0.39, 0.29) is 11.7 Å². The molecule has 0 amide bonds. The van der Waals surface area contributed by atoms with E-state index in [1.165, 1.54) is 0 Å². The maximum atomic E-state index is 5.69. The van der Waals surface area contributed by atoms with Crippen LogP contribution in [0, 0.1) is 5.41 Å². The average Bonchev–Trinajstić information content (AvgIpc) is 2.29. The summed E-state index contributed by atoms with van der Waals surface area (Å²) in [6.07, 6.45) is -0.237. The quantitative estimate of drug-likeness (QED) is 0.770. The first-order valence-electron chi connectivity index (χ1n) is 5.48. The molecule has 1 aromatic rings. The van der Waals surface area contributed by atoms with Gasteiger partial charge in [0.05, 0.1) is 20.3 Å². The Balaban J connectivity index is 2.03. The van der Waals surface area contributed by atoms with E-state index < -0.39 is 0 Å². The topological polar surface area (TPSA) is 27.7 Å². The first-order chi connectivity index (χ1) is 7.61. The molecule has 1 saturated heterocycles. The molecule has 0 aliphatic carbocycles. The van der Waals surface area contributed by atoms with Crippen molar-refractivity contribution in [1.82, 2.24) is 0 Å². The van der Waals surface area contributed by atoms with Crippen molar-refractivity contribution >= 4 is 0 Å². The summed E-state index contributed by atoms with van der Waals surface area (Å²) in [6, 6.07) is 7.78. The van der Waals surface area contributed by atoms with Gasteiger partial charge in [-0.3, -0.25) is 0 Å². The SMILES string of the molecule is COc1ccc(C2OCC(C)(C)CO2)cc1. The van der Waals surface area contributed by atoms with Crippen LogP contribution < -0.4 is 4.74 Å². The highest BCUT2D eigenvalue weighted by molar-refractivity contribution is 5.27. The molecule has 16 heavy (non-hydrogen) atoms. The van der Waals surface area contributed by atoms with Gasteiger partial charge in [0.1, 0.15) is 5.75 Å². The van der Waals surface area contributed by atoms with E-state index >= 15 is 0 Å². The van der Waals surface area contributed by atoms with Gasteiger partial charge in [-0.2, -0.15) is 0 Å². The Bertz CT molecular complexity index is 333. The van der Waals surface area contributed by atoms with Crippen molar-refractivity contribution in [2.75, 3.05) is 20.3 Å². The molecule has 3 heteroatoms. The lowest BCUT2D eigenvalue weighted by molar-refractivity contribution is -0.226. The maximum Gasteiger partial charge on any atom is 0.183 e. The summed E-state index contributed by atoms with van der Waals surface area (Å²) in [5.41, 5.74) is 1.15. The molecular weight excluding hydrogens is 204 g/mol. The van der Waals surface area contributed by atoms with E-state index in [2.05, 4.69) is 13.8 Å². The molecule has 0 aromatic heterocycles. The lowest BCUT2D eigenvalue weighted by Crippen LogP contribution is -2.33. The number of methoxy groups -OCH3 is 1. The highest BCUT2D eigenvalue weighted by Crippen LogP contribution is 2.31. The zero-order valence-electron chi connectivity index (χ0n) is 10.0. The van der Waals surface area contributed by atoms with Crippen molar-refractivity contribution in [3.63, 3.8) is 0 Å². The Morgan fingerprint density at radius 3 is 2.19 bits per heavy atom. The molecule has 0 spiro atoms. The van der Waals surface area contributed by atoms with Crippen LogP contribution in [0.4, 0.5) is 0 Å². The van der Waals surface area contributed by atoms with Crippen LogP contribution in [0.15, 0.2) is 24.3 Å². The monoisotopic (exact) mass is 222 g/mol. The summed E-state index contributed by atoms with van der Waals surface area (Å²) < 4.78 is 16.5. The van der Waals surface area contributed by atoms with Gasteiger partial charge in [-0.25, -0.2) is 0 Å². The van der Waals surface area contributed by atoms with Crippen molar-refractivity contribution in [2.24, 2.45) is 5.41 Å². The minimum Gasteiger partial charge on any atom is -0.497 e. The van der Waals surface area contributed by atoms with Crippen LogP contribution in [0.5, 0.6) is 5.75 Å². The van der Waals surface area contributed by atoms with E-state index in [9.17, 15) is 0 Å². The van der Waals surface area contributed by atoms with Crippen LogP contribution in [-0.4, -0.2) is 20.3 Å². The van der Waals surface area contributed by atoms with Gasteiger partial charge >= 0.3 is 0 Å². The molecule has 0 atom stereocenters. The predicted molar refractivity (Wildman–Crippen MR) is 61.4 cm³/mol. The van der Waals surface area contributed by atoms with Crippen LogP contribution in [-0.2, 0) is 9.47 Å². The molecule has 0 bridgehead atoms. The van der Waals surface area contributed by atoms with Gasteiger partial charge in [0.2, 0.25) is 0 Å². The largest absolute Gasteiger partial charge is 0.497 e.